The summed E-state index contributed by atoms with van der Waals surface area (Å²) in [7, 11) is -4.12. The molecule has 1 aromatic rings. The molecule has 0 unspecified atom stereocenters. The first-order chi connectivity index (χ1) is 13.5. The summed E-state index contributed by atoms with van der Waals surface area (Å²) in [5.74, 6) is -0.263. The highest BCUT2D eigenvalue weighted by atomic mass is 32.2. The number of hydrogen-bond donors (Lipinski definition) is 3. The third kappa shape index (κ3) is 3.68. The van der Waals surface area contributed by atoms with Crippen LogP contribution in [0.4, 0.5) is 0 Å². The number of nitrogens with two attached hydrogens (primary N) is 1. The summed E-state index contributed by atoms with van der Waals surface area (Å²) in [5, 5.41) is 15.3. The number of fused-ring (bicyclic) bond motifs is 2. The lowest BCUT2D eigenvalue weighted by atomic mass is 9.74. The predicted octanol–water partition coefficient (Wildman–Crippen LogP) is 0.753. The molecule has 1 fully saturated rings. The van der Waals surface area contributed by atoms with E-state index in [0.717, 1.165) is 10.5 Å². The number of rotatable bonds is 4. The third-order valence-electron chi connectivity index (χ3n) is 4.62. The monoisotopic (exact) mass is 346 g/mol. The minimum Gasteiger partial charge on any atom is -0.508 e. The van der Waals surface area contributed by atoms with Gasteiger partial charge < -0.3 is 5.11 Å². The Kier molecular flexibility index (Phi) is 2.77. The van der Waals surface area contributed by atoms with Crippen LogP contribution in [-0.2, 0) is 23.1 Å². The van der Waals surface area contributed by atoms with Crippen LogP contribution in [0.2, 0.25) is 0 Å². The molecule has 1 saturated heterocycles. The maximum atomic E-state index is 11.6. The molecule has 4 N–H and O–H groups in total. The number of benzene rings is 1. The quantitative estimate of drug-likeness (QED) is 0.750. The minimum atomic E-state index is -4.12. The predicted molar refractivity (Wildman–Crippen MR) is 89.3 cm³/mol. The highest BCUT2D eigenvalue weighted by Crippen LogP contribution is 2.38. The van der Waals surface area contributed by atoms with Crippen LogP contribution in [0, 0.1) is 5.92 Å². The molecule has 128 valence electrons. The van der Waals surface area contributed by atoms with Gasteiger partial charge in [0.05, 0.1) is 0 Å². The highest BCUT2D eigenvalue weighted by Gasteiger charge is 2.40. The van der Waals surface area contributed by atoms with Gasteiger partial charge in [0.25, 0.3) is 10.2 Å². The van der Waals surface area contributed by atoms with Crippen LogP contribution in [0.15, 0.2) is 18.2 Å². The number of nitrogens with one attached hydrogen (secondary N) is 1. The van der Waals surface area contributed by atoms with Gasteiger partial charge in [0.2, 0.25) is 0 Å². The molecule has 1 aromatic carbocycles. The second-order valence-electron chi connectivity index (χ2n) is 6.14. The van der Waals surface area contributed by atoms with Crippen LogP contribution >= 0.6 is 0 Å². The van der Waals surface area contributed by atoms with E-state index in [1.54, 1.807) is 12.1 Å². The van der Waals surface area contributed by atoms with Crippen LogP contribution in [0.5, 0.6) is 5.75 Å². The van der Waals surface area contributed by atoms with Crippen LogP contribution in [0.3, 0.4) is 0 Å². The van der Waals surface area contributed by atoms with Crippen molar-refractivity contribution in [1.82, 2.24) is 9.62 Å². The average molecular weight is 347 g/mol. The Hall–Kier alpha value is -1.15. The summed E-state index contributed by atoms with van der Waals surface area (Å²) in [6, 6.07) is 3.56. The Morgan fingerprint density at radius 1 is 1.52 bits per heavy atom. The molecular formula is C16H25N3O3S. The fourth-order valence-electron chi connectivity index (χ4n) is 3.77. The van der Waals surface area contributed by atoms with Crippen molar-refractivity contribution in [3.05, 3.63) is 29.3 Å². The number of hydrogen-bond acceptors (Lipinski definition) is 4. The zero-order valence-corrected chi connectivity index (χ0v) is 13.3. The van der Waals surface area contributed by atoms with E-state index in [9.17, 15) is 13.5 Å². The van der Waals surface area contributed by atoms with Crippen LogP contribution in [-0.4, -0.2) is 43.5 Å². The Morgan fingerprint density at radius 3 is 3.09 bits per heavy atom. The Balaban J connectivity index is 2.05. The Morgan fingerprint density at radius 2 is 2.35 bits per heavy atom. The van der Waals surface area contributed by atoms with Gasteiger partial charge in [-0.2, -0.15) is 13.1 Å². The van der Waals surface area contributed by atoms with Gasteiger partial charge in [-0.05, 0) is 55.2 Å². The molecule has 7 heteroatoms. The number of piperidine rings is 1. The first kappa shape index (κ1) is 9.98. The molecule has 1 aliphatic carbocycles. The van der Waals surface area contributed by atoms with Gasteiger partial charge in [-0.3, -0.25) is 4.90 Å². The average Bonchev–Trinajstić information content (AvgIpc) is 2.57. The fourth-order valence-corrected chi connectivity index (χ4v) is 4.41. The standard InChI is InChI=1S/C16H25N3O3S/c1-2-6-19-10-13(18-23(17,21)22)7-12-8-14-11(9-15(12)19)4-3-5-16(14)20/h3-5,12-13,15,18,20H,2,6-10H2,1H3,(H2,17,21,22)/t12-,13+,15-/m1/s1/i1D3,2D2,6D2. The van der Waals surface area contributed by atoms with Crippen molar-refractivity contribution in [3.63, 3.8) is 0 Å². The molecule has 3 atom stereocenters. The second kappa shape index (κ2) is 6.39. The lowest BCUT2D eigenvalue weighted by Crippen LogP contribution is -2.58. The number of nitrogens with zero attached hydrogens (tertiary/aromatic N) is 1. The van der Waals surface area contributed by atoms with Gasteiger partial charge in [-0.15, -0.1) is 0 Å². The maximum Gasteiger partial charge on any atom is 0.274 e. The summed E-state index contributed by atoms with van der Waals surface area (Å²) in [6.45, 7) is -6.40. The zero-order valence-electron chi connectivity index (χ0n) is 19.5. The molecule has 3 rings (SSSR count). The van der Waals surface area contributed by atoms with E-state index in [-0.39, 0.29) is 31.1 Å². The smallest absolute Gasteiger partial charge is 0.274 e. The molecule has 0 bridgehead atoms. The van der Waals surface area contributed by atoms with Gasteiger partial charge in [0.15, 0.2) is 0 Å². The molecule has 0 aromatic heterocycles. The van der Waals surface area contributed by atoms with Gasteiger partial charge in [-0.25, -0.2) is 5.14 Å². The van der Waals surface area contributed by atoms with E-state index in [1.165, 1.54) is 6.07 Å². The summed E-state index contributed by atoms with van der Waals surface area (Å²) in [5.41, 5.74) is 1.44. The van der Waals surface area contributed by atoms with E-state index in [2.05, 4.69) is 4.72 Å². The summed E-state index contributed by atoms with van der Waals surface area (Å²) in [4.78, 5) is 1.11. The molecule has 1 heterocycles. The van der Waals surface area contributed by atoms with Crippen molar-refractivity contribution in [2.75, 3.05) is 13.0 Å². The van der Waals surface area contributed by atoms with Crippen molar-refractivity contribution in [2.45, 2.75) is 44.6 Å². The van der Waals surface area contributed by atoms with Crippen molar-refractivity contribution in [1.29, 1.82) is 0 Å². The van der Waals surface area contributed by atoms with Crippen LogP contribution in [0.1, 0.15) is 40.4 Å². The lowest BCUT2D eigenvalue weighted by Gasteiger charge is -2.47. The van der Waals surface area contributed by atoms with E-state index in [4.69, 9.17) is 14.7 Å². The Labute approximate surface area is 147 Å². The van der Waals surface area contributed by atoms with E-state index < -0.39 is 42.0 Å². The molecule has 0 amide bonds. The molecule has 0 radical (unpaired) electrons. The summed E-state index contributed by atoms with van der Waals surface area (Å²) < 4.78 is 80.9. The molecule has 6 nitrogen and oxygen atoms in total. The van der Waals surface area contributed by atoms with Gasteiger partial charge >= 0.3 is 0 Å². The number of likely N-dealkylation sites (tertiary alicyclic amines) is 1. The maximum absolute atomic E-state index is 11.6. The minimum absolute atomic E-state index is 0.0832. The highest BCUT2D eigenvalue weighted by molar-refractivity contribution is 7.87. The summed E-state index contributed by atoms with van der Waals surface area (Å²) in [6.07, 6.45) is -2.34. The first-order valence-corrected chi connectivity index (χ1v) is 8.96. The molecule has 23 heavy (non-hydrogen) atoms. The van der Waals surface area contributed by atoms with Crippen molar-refractivity contribution >= 4 is 10.2 Å². The van der Waals surface area contributed by atoms with Crippen molar-refractivity contribution in [3.8, 4) is 5.75 Å². The van der Waals surface area contributed by atoms with Crippen molar-refractivity contribution < 1.29 is 23.1 Å². The number of phenolic OH excluding ortho intramolecular Hbond substituents is 1. The lowest BCUT2D eigenvalue weighted by molar-refractivity contribution is 0.0683. The molecule has 2 aliphatic rings. The number of phenols is 1. The second-order valence-corrected chi connectivity index (χ2v) is 7.46. The normalized spacial score (nSPS) is 34.5. The molecule has 1 aliphatic heterocycles. The zero-order chi connectivity index (χ0) is 22.7. The van der Waals surface area contributed by atoms with E-state index >= 15 is 0 Å². The van der Waals surface area contributed by atoms with Crippen LogP contribution < -0.4 is 9.86 Å². The van der Waals surface area contributed by atoms with Crippen LogP contribution in [0.25, 0.3) is 0 Å². The SMILES string of the molecule is [2H]C([2H])([2H])C([2H])([2H])C([2H])([2H])N1C[C@@H](NS(N)(=O)=O)C[C@@H]2Cc3c(O)cccc3C[C@H]21. The molecule has 0 spiro atoms. The largest absolute Gasteiger partial charge is 0.508 e. The number of aromatic hydroxyl groups is 1. The topological polar surface area (TPSA) is 95.7 Å². The summed E-state index contributed by atoms with van der Waals surface area (Å²) >= 11 is 0. The van der Waals surface area contributed by atoms with E-state index in [0.29, 0.717) is 12.0 Å². The molecular weight excluding hydrogens is 314 g/mol. The van der Waals surface area contributed by atoms with Gasteiger partial charge in [0.1, 0.15) is 5.75 Å². The third-order valence-corrected chi connectivity index (χ3v) is 5.28. The van der Waals surface area contributed by atoms with Crippen molar-refractivity contribution in [2.24, 2.45) is 11.1 Å². The van der Waals surface area contributed by atoms with Gasteiger partial charge in [-0.1, -0.05) is 19.0 Å². The first-order valence-electron chi connectivity index (χ1n) is 10.9. The van der Waals surface area contributed by atoms with E-state index in [1.807, 2.05) is 0 Å². The Bertz CT molecular complexity index is 923. The fraction of sp³-hybridized carbons (Fsp3) is 0.625. The van der Waals surface area contributed by atoms with Gasteiger partial charge in [0, 0.05) is 28.2 Å². The molecule has 0 saturated carbocycles.